The maximum Gasteiger partial charge on any atom is 0.412 e. The number of carbonyl (C=O) groups is 2. The van der Waals surface area contributed by atoms with Crippen molar-refractivity contribution < 1.29 is 23.6 Å². The van der Waals surface area contributed by atoms with Gasteiger partial charge in [0.05, 0.1) is 13.5 Å². The molecule has 1 N–H and O–H groups in total. The highest BCUT2D eigenvalue weighted by Gasteiger charge is 2.22. The summed E-state index contributed by atoms with van der Waals surface area (Å²) in [5.74, 6) is 1.28. The Balaban J connectivity index is 1.55. The summed E-state index contributed by atoms with van der Waals surface area (Å²) in [5, 5.41) is 7.50. The van der Waals surface area contributed by atoms with Gasteiger partial charge in [-0.1, -0.05) is 41.0 Å². The number of nitrogens with one attached hydrogen (secondary N) is 1. The monoisotopic (exact) mass is 464 g/mol. The van der Waals surface area contributed by atoms with Gasteiger partial charge < -0.3 is 14.0 Å². The Morgan fingerprint density at radius 2 is 2.06 bits per heavy atom. The van der Waals surface area contributed by atoms with Gasteiger partial charge in [-0.2, -0.15) is 11.8 Å². The number of benzene rings is 1. The number of amides is 1. The summed E-state index contributed by atoms with van der Waals surface area (Å²) in [6.45, 7) is 1.82. The van der Waals surface area contributed by atoms with E-state index in [0.29, 0.717) is 23.6 Å². The zero-order chi connectivity index (χ0) is 22.2. The molecule has 9 heteroatoms. The van der Waals surface area contributed by atoms with E-state index in [0.717, 1.165) is 46.7 Å². The van der Waals surface area contributed by atoms with Gasteiger partial charge in [0, 0.05) is 22.1 Å². The Morgan fingerprint density at radius 1 is 1.29 bits per heavy atom. The molecule has 1 amide bonds. The van der Waals surface area contributed by atoms with Crippen LogP contribution < -0.4 is 5.32 Å². The number of halogens is 1. The van der Waals surface area contributed by atoms with E-state index in [-0.39, 0.29) is 12.1 Å². The Labute approximate surface area is 190 Å². The van der Waals surface area contributed by atoms with Crippen LogP contribution in [0.4, 0.5) is 10.5 Å². The average molecular weight is 465 g/mol. The SMILES string of the molecule is COC(=O)CCSCc1ccc(-c2nocc2NC(=O)OC(C)C2=C(Cl)CCC2)cc1. The van der Waals surface area contributed by atoms with Gasteiger partial charge in [-0.05, 0) is 37.3 Å². The minimum Gasteiger partial charge on any atom is -0.469 e. The molecule has 7 nitrogen and oxygen atoms in total. The van der Waals surface area contributed by atoms with E-state index >= 15 is 0 Å². The number of ether oxygens (including phenoxy) is 2. The Morgan fingerprint density at radius 3 is 2.74 bits per heavy atom. The molecule has 1 heterocycles. The highest BCUT2D eigenvalue weighted by atomic mass is 35.5. The van der Waals surface area contributed by atoms with E-state index in [1.165, 1.54) is 13.4 Å². The lowest BCUT2D eigenvalue weighted by atomic mass is 10.1. The second kappa shape index (κ2) is 11.2. The van der Waals surface area contributed by atoms with Gasteiger partial charge in [0.1, 0.15) is 23.7 Å². The lowest BCUT2D eigenvalue weighted by molar-refractivity contribution is -0.140. The molecule has 0 saturated heterocycles. The number of esters is 1. The summed E-state index contributed by atoms with van der Waals surface area (Å²) in [4.78, 5) is 23.5. The number of rotatable bonds is 9. The fourth-order valence-corrected chi connectivity index (χ4v) is 4.53. The van der Waals surface area contributed by atoms with Crippen LogP contribution >= 0.6 is 23.4 Å². The highest BCUT2D eigenvalue weighted by Crippen LogP contribution is 2.32. The summed E-state index contributed by atoms with van der Waals surface area (Å²) < 4.78 is 15.2. The quantitative estimate of drug-likeness (QED) is 0.373. The third-order valence-electron chi connectivity index (χ3n) is 4.95. The molecule has 0 fully saturated rings. The molecular formula is C22H25ClN2O5S. The lowest BCUT2D eigenvalue weighted by Crippen LogP contribution is -2.21. The maximum atomic E-state index is 12.3. The summed E-state index contributed by atoms with van der Waals surface area (Å²) >= 11 is 7.86. The molecule has 1 aromatic carbocycles. The number of anilines is 1. The number of aromatic nitrogens is 1. The van der Waals surface area contributed by atoms with Crippen LogP contribution in [0.15, 0.2) is 45.7 Å². The second-order valence-electron chi connectivity index (χ2n) is 7.11. The number of nitrogens with zero attached hydrogens (tertiary/aromatic N) is 1. The molecule has 0 aliphatic heterocycles. The van der Waals surface area contributed by atoms with Crippen molar-refractivity contribution in [3.63, 3.8) is 0 Å². The van der Waals surface area contributed by atoms with Crippen LogP contribution in [0.25, 0.3) is 11.3 Å². The third kappa shape index (κ3) is 6.51. The molecule has 3 rings (SSSR count). The van der Waals surface area contributed by atoms with Gasteiger partial charge in [-0.15, -0.1) is 0 Å². The number of methoxy groups -OCH3 is 1. The van der Waals surface area contributed by atoms with Crippen LogP contribution in [0.1, 0.15) is 38.2 Å². The Bertz CT molecular complexity index is 942. The number of allylic oxidation sites excluding steroid dienone is 1. The van der Waals surface area contributed by atoms with Crippen molar-refractivity contribution in [1.29, 1.82) is 0 Å². The van der Waals surface area contributed by atoms with Crippen molar-refractivity contribution in [1.82, 2.24) is 5.16 Å². The molecule has 166 valence electrons. The van der Waals surface area contributed by atoms with Gasteiger partial charge in [-0.3, -0.25) is 10.1 Å². The molecule has 1 aliphatic rings. The fraction of sp³-hybridized carbons (Fsp3) is 0.409. The highest BCUT2D eigenvalue weighted by molar-refractivity contribution is 7.98. The first-order chi connectivity index (χ1) is 15.0. The van der Waals surface area contributed by atoms with Gasteiger partial charge in [0.15, 0.2) is 0 Å². The number of hydrogen-bond donors (Lipinski definition) is 1. The summed E-state index contributed by atoms with van der Waals surface area (Å²) in [7, 11) is 1.39. The van der Waals surface area contributed by atoms with Crippen LogP contribution in [0.2, 0.25) is 0 Å². The number of hydrogen-bond acceptors (Lipinski definition) is 7. The normalized spacial score (nSPS) is 14.4. The predicted octanol–water partition coefficient (Wildman–Crippen LogP) is 5.75. The second-order valence-corrected chi connectivity index (χ2v) is 8.67. The molecule has 0 bridgehead atoms. The minimum absolute atomic E-state index is 0.204. The minimum atomic E-state index is -0.584. The molecule has 0 spiro atoms. The molecule has 0 radical (unpaired) electrons. The summed E-state index contributed by atoms with van der Waals surface area (Å²) in [5.41, 5.74) is 3.85. The van der Waals surface area contributed by atoms with Gasteiger partial charge in [0.25, 0.3) is 0 Å². The van der Waals surface area contributed by atoms with Crippen LogP contribution in [0.5, 0.6) is 0 Å². The first-order valence-corrected chi connectivity index (χ1v) is 11.5. The van der Waals surface area contributed by atoms with Crippen LogP contribution in [-0.4, -0.2) is 36.2 Å². The molecule has 0 saturated carbocycles. The van der Waals surface area contributed by atoms with Crippen LogP contribution in [0, 0.1) is 0 Å². The van der Waals surface area contributed by atoms with Gasteiger partial charge in [-0.25, -0.2) is 4.79 Å². The van der Waals surface area contributed by atoms with Crippen molar-refractivity contribution in [2.45, 2.75) is 44.5 Å². The zero-order valence-corrected chi connectivity index (χ0v) is 19.1. The summed E-state index contributed by atoms with van der Waals surface area (Å²) in [6.07, 6.45) is 3.47. The van der Waals surface area contributed by atoms with Crippen molar-refractivity contribution in [2.24, 2.45) is 0 Å². The topological polar surface area (TPSA) is 90.7 Å². The number of thioether (sulfide) groups is 1. The third-order valence-corrected chi connectivity index (χ3v) is 6.41. The smallest absolute Gasteiger partial charge is 0.412 e. The molecule has 1 unspecified atom stereocenters. The maximum absolute atomic E-state index is 12.3. The molecule has 31 heavy (non-hydrogen) atoms. The summed E-state index contributed by atoms with van der Waals surface area (Å²) in [6, 6.07) is 7.79. The van der Waals surface area contributed by atoms with E-state index in [1.54, 1.807) is 11.8 Å². The molecular weight excluding hydrogens is 440 g/mol. The van der Waals surface area contributed by atoms with Crippen molar-refractivity contribution >= 4 is 41.1 Å². The van der Waals surface area contributed by atoms with E-state index in [4.69, 9.17) is 20.9 Å². The van der Waals surface area contributed by atoms with Gasteiger partial charge in [0.2, 0.25) is 0 Å². The first-order valence-electron chi connectivity index (χ1n) is 10.0. The standard InChI is InChI=1S/C22H25ClN2O5S/c1-14(17-4-3-5-18(17)23)30-22(27)24-19-12-29-25-21(19)16-8-6-15(7-9-16)13-31-11-10-20(26)28-2/h6-9,12,14H,3-5,10-11,13H2,1-2H3,(H,24,27). The van der Waals surface area contributed by atoms with Crippen LogP contribution in [0.3, 0.4) is 0 Å². The van der Waals surface area contributed by atoms with Crippen molar-refractivity contribution in [3.8, 4) is 11.3 Å². The molecule has 1 aliphatic carbocycles. The molecule has 1 atom stereocenters. The van der Waals surface area contributed by atoms with Crippen molar-refractivity contribution in [3.05, 3.63) is 46.7 Å². The van der Waals surface area contributed by atoms with E-state index < -0.39 is 6.09 Å². The molecule has 2 aromatic rings. The van der Waals surface area contributed by atoms with Crippen molar-refractivity contribution in [2.75, 3.05) is 18.2 Å². The predicted molar refractivity (Wildman–Crippen MR) is 121 cm³/mol. The zero-order valence-electron chi connectivity index (χ0n) is 17.5. The first kappa shape index (κ1) is 23.2. The van der Waals surface area contributed by atoms with E-state index in [2.05, 4.69) is 15.2 Å². The Hall–Kier alpha value is -2.45. The largest absolute Gasteiger partial charge is 0.469 e. The van der Waals surface area contributed by atoms with E-state index in [1.807, 2.05) is 31.2 Å². The molecule has 1 aromatic heterocycles. The average Bonchev–Trinajstić information content (AvgIpc) is 3.40. The lowest BCUT2D eigenvalue weighted by Gasteiger charge is -2.15. The van der Waals surface area contributed by atoms with Gasteiger partial charge >= 0.3 is 12.1 Å². The van der Waals surface area contributed by atoms with E-state index in [9.17, 15) is 9.59 Å². The number of carbonyl (C=O) groups excluding carboxylic acids is 2. The fourth-order valence-electron chi connectivity index (χ4n) is 3.27. The Kier molecular flexibility index (Phi) is 8.43. The van der Waals surface area contributed by atoms with Crippen LogP contribution in [-0.2, 0) is 20.0 Å².